The fraction of sp³-hybridized carbons (Fsp3) is 0.450. The molecule has 2 aliphatic rings. The Labute approximate surface area is 153 Å². The van der Waals surface area contributed by atoms with Gasteiger partial charge in [0.1, 0.15) is 0 Å². The van der Waals surface area contributed by atoms with E-state index in [1.54, 1.807) is 12.4 Å². The zero-order valence-corrected chi connectivity index (χ0v) is 15.0. The number of morpholine rings is 1. The van der Waals surface area contributed by atoms with Crippen LogP contribution in [-0.4, -0.2) is 64.1 Å². The Kier molecular flexibility index (Phi) is 4.95. The van der Waals surface area contributed by atoms with E-state index in [0.29, 0.717) is 18.7 Å². The fourth-order valence-electron chi connectivity index (χ4n) is 3.88. The molecule has 0 aromatic carbocycles. The van der Waals surface area contributed by atoms with Crippen molar-refractivity contribution in [3.8, 4) is 0 Å². The molecule has 0 bridgehead atoms. The number of carbonyl (C=O) groups is 1. The van der Waals surface area contributed by atoms with E-state index in [1.807, 2.05) is 29.3 Å². The summed E-state index contributed by atoms with van der Waals surface area (Å²) < 4.78 is 5.97. The van der Waals surface area contributed by atoms with Gasteiger partial charge in [0.2, 0.25) is 0 Å². The lowest BCUT2D eigenvalue weighted by molar-refractivity contribution is -0.0915. The van der Waals surface area contributed by atoms with Crippen LogP contribution >= 0.6 is 0 Å². The molecule has 2 aliphatic heterocycles. The number of amides is 1. The summed E-state index contributed by atoms with van der Waals surface area (Å²) in [6, 6.07) is 7.78. The van der Waals surface area contributed by atoms with Gasteiger partial charge in [-0.3, -0.25) is 19.7 Å². The van der Waals surface area contributed by atoms with Crippen LogP contribution in [0, 0.1) is 6.92 Å². The third kappa shape index (κ3) is 3.48. The number of piperidine rings is 1. The van der Waals surface area contributed by atoms with Gasteiger partial charge in [-0.25, -0.2) is 0 Å². The molecule has 1 amide bonds. The second-order valence-electron chi connectivity index (χ2n) is 7.01. The summed E-state index contributed by atoms with van der Waals surface area (Å²) in [4.78, 5) is 25.9. The minimum Gasteiger partial charge on any atom is -0.374 e. The van der Waals surface area contributed by atoms with Crippen LogP contribution in [0.2, 0.25) is 0 Å². The van der Waals surface area contributed by atoms with Gasteiger partial charge in [0.25, 0.3) is 5.91 Å². The van der Waals surface area contributed by atoms with Crippen LogP contribution < -0.4 is 0 Å². The van der Waals surface area contributed by atoms with Crippen molar-refractivity contribution in [1.82, 2.24) is 19.8 Å². The SMILES string of the molecule is Cc1cccnc1CN1CC[C@H]2OCCN(C(=O)c3cccnc3)[C@@H]2C1. The lowest BCUT2D eigenvalue weighted by Gasteiger charge is -2.47. The molecule has 2 atom stereocenters. The van der Waals surface area contributed by atoms with Gasteiger partial charge in [0.05, 0.1) is 30.0 Å². The summed E-state index contributed by atoms with van der Waals surface area (Å²) in [7, 11) is 0. The van der Waals surface area contributed by atoms with Crippen molar-refractivity contribution in [2.75, 3.05) is 26.2 Å². The van der Waals surface area contributed by atoms with Gasteiger partial charge in [-0.2, -0.15) is 0 Å². The maximum Gasteiger partial charge on any atom is 0.255 e. The average molecular weight is 352 g/mol. The molecular weight excluding hydrogens is 328 g/mol. The van der Waals surface area contributed by atoms with Gasteiger partial charge in [-0.15, -0.1) is 0 Å². The van der Waals surface area contributed by atoms with Crippen LogP contribution in [0.5, 0.6) is 0 Å². The Morgan fingerprint density at radius 3 is 2.96 bits per heavy atom. The summed E-state index contributed by atoms with van der Waals surface area (Å²) in [5.41, 5.74) is 2.96. The van der Waals surface area contributed by atoms with Crippen molar-refractivity contribution < 1.29 is 9.53 Å². The Morgan fingerprint density at radius 1 is 1.27 bits per heavy atom. The molecule has 136 valence electrons. The van der Waals surface area contributed by atoms with E-state index >= 15 is 0 Å². The molecule has 4 rings (SSSR count). The summed E-state index contributed by atoms with van der Waals surface area (Å²) in [6.07, 6.45) is 6.23. The Morgan fingerprint density at radius 2 is 2.15 bits per heavy atom. The number of aryl methyl sites for hydroxylation is 1. The van der Waals surface area contributed by atoms with Crippen LogP contribution in [0.15, 0.2) is 42.9 Å². The lowest BCUT2D eigenvalue weighted by atomic mass is 9.97. The monoisotopic (exact) mass is 352 g/mol. The first kappa shape index (κ1) is 17.1. The first-order chi connectivity index (χ1) is 12.7. The van der Waals surface area contributed by atoms with E-state index in [4.69, 9.17) is 4.74 Å². The molecule has 6 nitrogen and oxygen atoms in total. The number of rotatable bonds is 3. The third-order valence-electron chi connectivity index (χ3n) is 5.33. The number of fused-ring (bicyclic) bond motifs is 1. The first-order valence-corrected chi connectivity index (χ1v) is 9.18. The number of nitrogens with zero attached hydrogens (tertiary/aromatic N) is 4. The van der Waals surface area contributed by atoms with Crippen LogP contribution in [-0.2, 0) is 11.3 Å². The van der Waals surface area contributed by atoms with Crippen LogP contribution in [0.3, 0.4) is 0 Å². The Balaban J connectivity index is 1.50. The number of hydrogen-bond donors (Lipinski definition) is 0. The molecular formula is C20H24N4O2. The second-order valence-corrected chi connectivity index (χ2v) is 7.01. The van der Waals surface area contributed by atoms with E-state index in [9.17, 15) is 4.79 Å². The van der Waals surface area contributed by atoms with Crippen LogP contribution in [0.4, 0.5) is 0 Å². The second kappa shape index (κ2) is 7.51. The molecule has 2 fully saturated rings. The van der Waals surface area contributed by atoms with Gasteiger partial charge in [0, 0.05) is 44.8 Å². The molecule has 4 heterocycles. The molecule has 0 aliphatic carbocycles. The highest BCUT2D eigenvalue weighted by atomic mass is 16.5. The Bertz CT molecular complexity index is 767. The maximum absolute atomic E-state index is 13.0. The van der Waals surface area contributed by atoms with Crippen molar-refractivity contribution in [2.24, 2.45) is 0 Å². The molecule has 2 aromatic heterocycles. The van der Waals surface area contributed by atoms with E-state index in [1.165, 1.54) is 5.56 Å². The molecule has 2 saturated heterocycles. The van der Waals surface area contributed by atoms with Crippen LogP contribution in [0.25, 0.3) is 0 Å². The van der Waals surface area contributed by atoms with Gasteiger partial charge in [0.15, 0.2) is 0 Å². The van der Waals surface area contributed by atoms with Crippen molar-refractivity contribution in [1.29, 1.82) is 0 Å². The van der Waals surface area contributed by atoms with Crippen molar-refractivity contribution in [2.45, 2.75) is 32.0 Å². The van der Waals surface area contributed by atoms with Gasteiger partial charge >= 0.3 is 0 Å². The van der Waals surface area contributed by atoms with Gasteiger partial charge in [-0.1, -0.05) is 6.07 Å². The summed E-state index contributed by atoms with van der Waals surface area (Å²) in [6.45, 7) is 5.92. The summed E-state index contributed by atoms with van der Waals surface area (Å²) >= 11 is 0. The molecule has 0 unspecified atom stereocenters. The van der Waals surface area contributed by atoms with Gasteiger partial charge < -0.3 is 9.64 Å². The number of aromatic nitrogens is 2. The van der Waals surface area contributed by atoms with Crippen molar-refractivity contribution >= 4 is 5.91 Å². The predicted molar refractivity (Wildman–Crippen MR) is 97.7 cm³/mol. The molecule has 2 aromatic rings. The van der Waals surface area contributed by atoms with E-state index in [-0.39, 0.29) is 18.1 Å². The first-order valence-electron chi connectivity index (χ1n) is 9.18. The summed E-state index contributed by atoms with van der Waals surface area (Å²) in [5.74, 6) is 0.0484. The van der Waals surface area contributed by atoms with Crippen molar-refractivity contribution in [3.05, 3.63) is 59.7 Å². The molecule has 26 heavy (non-hydrogen) atoms. The summed E-state index contributed by atoms with van der Waals surface area (Å²) in [5, 5.41) is 0. The third-order valence-corrected chi connectivity index (χ3v) is 5.33. The minimum absolute atomic E-state index is 0.0484. The standard InChI is InChI=1S/C20H24N4O2/c1-15-4-2-8-22-17(15)13-23-9-6-19-18(14-23)24(10-11-26-19)20(25)16-5-3-7-21-12-16/h2-5,7-8,12,18-19H,6,9-11,13-14H2,1H3/t18-,19-/m1/s1. The van der Waals surface area contributed by atoms with Gasteiger partial charge in [-0.05, 0) is 37.1 Å². The molecule has 0 spiro atoms. The largest absolute Gasteiger partial charge is 0.374 e. The number of ether oxygens (including phenoxy) is 1. The highest BCUT2D eigenvalue weighted by Gasteiger charge is 2.39. The molecule has 0 saturated carbocycles. The number of likely N-dealkylation sites (tertiary alicyclic amines) is 1. The highest BCUT2D eigenvalue weighted by molar-refractivity contribution is 5.94. The highest BCUT2D eigenvalue weighted by Crippen LogP contribution is 2.25. The molecule has 0 radical (unpaired) electrons. The maximum atomic E-state index is 13.0. The molecule has 6 heteroatoms. The lowest BCUT2D eigenvalue weighted by Crippen LogP contribution is -2.61. The average Bonchev–Trinajstić information content (AvgIpc) is 2.69. The zero-order valence-electron chi connectivity index (χ0n) is 15.0. The quantitative estimate of drug-likeness (QED) is 0.844. The number of hydrogen-bond acceptors (Lipinski definition) is 5. The van der Waals surface area contributed by atoms with Crippen LogP contribution in [0.1, 0.15) is 28.0 Å². The predicted octanol–water partition coefficient (Wildman–Crippen LogP) is 1.90. The number of pyridine rings is 2. The van der Waals surface area contributed by atoms with E-state index in [0.717, 1.165) is 31.7 Å². The normalized spacial score (nSPS) is 23.5. The van der Waals surface area contributed by atoms with E-state index in [2.05, 4.69) is 27.9 Å². The molecule has 0 N–H and O–H groups in total. The zero-order chi connectivity index (χ0) is 17.9. The number of carbonyl (C=O) groups excluding carboxylic acids is 1. The topological polar surface area (TPSA) is 58.6 Å². The smallest absolute Gasteiger partial charge is 0.255 e. The van der Waals surface area contributed by atoms with Crippen molar-refractivity contribution in [3.63, 3.8) is 0 Å². The van der Waals surface area contributed by atoms with E-state index < -0.39 is 0 Å². The minimum atomic E-state index is 0.0484. The fourth-order valence-corrected chi connectivity index (χ4v) is 3.88. The Hall–Kier alpha value is -2.31.